The van der Waals surface area contributed by atoms with Gasteiger partial charge in [0, 0.05) is 26.1 Å². The molecular formula is C31H22S. The molecule has 0 atom stereocenters. The summed E-state index contributed by atoms with van der Waals surface area (Å²) in [5.74, 6) is 0. The molecule has 0 spiro atoms. The van der Waals surface area contributed by atoms with Gasteiger partial charge in [-0.25, -0.2) is 0 Å². The average Bonchev–Trinajstić information content (AvgIpc) is 3.21. The molecule has 0 bridgehead atoms. The molecular weight excluding hydrogens is 404 g/mol. The van der Waals surface area contributed by atoms with E-state index in [2.05, 4.69) is 122 Å². The van der Waals surface area contributed by atoms with Gasteiger partial charge in [-0.2, -0.15) is 0 Å². The molecule has 6 aromatic rings. The Morgan fingerprint density at radius 1 is 0.438 bits per heavy atom. The zero-order valence-corrected chi connectivity index (χ0v) is 18.7. The summed E-state index contributed by atoms with van der Waals surface area (Å²) in [6.07, 6.45) is 0. The number of benzene rings is 5. The summed E-state index contributed by atoms with van der Waals surface area (Å²) in [6, 6.07) is 41.4. The van der Waals surface area contributed by atoms with Crippen molar-refractivity contribution in [2.75, 3.05) is 0 Å². The van der Waals surface area contributed by atoms with Gasteiger partial charge in [0.1, 0.15) is 0 Å². The van der Waals surface area contributed by atoms with Crippen LogP contribution in [0.1, 0.15) is 4.88 Å². The van der Waals surface area contributed by atoms with Crippen molar-refractivity contribution in [3.8, 4) is 33.4 Å². The number of hydrogen-bond acceptors (Lipinski definition) is 1. The highest BCUT2D eigenvalue weighted by molar-refractivity contribution is 7.20. The van der Waals surface area contributed by atoms with E-state index in [-0.39, 0.29) is 0 Å². The molecule has 1 heterocycles. The molecule has 0 N–H and O–H groups in total. The highest BCUT2D eigenvalue weighted by Gasteiger charge is 2.22. The van der Waals surface area contributed by atoms with Crippen LogP contribution in [0.25, 0.3) is 54.2 Å². The summed E-state index contributed by atoms with van der Waals surface area (Å²) in [5, 5.41) is 4.00. The van der Waals surface area contributed by atoms with Gasteiger partial charge in [0.2, 0.25) is 0 Å². The monoisotopic (exact) mass is 426 g/mol. The van der Waals surface area contributed by atoms with Crippen molar-refractivity contribution in [1.29, 1.82) is 0 Å². The maximum Gasteiger partial charge on any atom is 0.0443 e. The molecule has 0 nitrogen and oxygen atoms in total. The molecule has 6 rings (SSSR count). The zero-order chi connectivity index (χ0) is 21.5. The fraction of sp³-hybridized carbons (Fsp3) is 0.0323. The molecule has 5 aromatic carbocycles. The summed E-state index contributed by atoms with van der Waals surface area (Å²) in [5.41, 5.74) is 7.83. The Hall–Kier alpha value is -3.68. The smallest absolute Gasteiger partial charge is 0.0443 e. The molecule has 1 heteroatoms. The van der Waals surface area contributed by atoms with Crippen LogP contribution in [0.3, 0.4) is 0 Å². The van der Waals surface area contributed by atoms with Gasteiger partial charge in [0.25, 0.3) is 0 Å². The van der Waals surface area contributed by atoms with Crippen LogP contribution in [0.4, 0.5) is 0 Å². The lowest BCUT2D eigenvalue weighted by atomic mass is 9.86. The second-order valence-electron chi connectivity index (χ2n) is 8.13. The Bertz CT molecular complexity index is 1540. The Morgan fingerprint density at radius 3 is 1.44 bits per heavy atom. The van der Waals surface area contributed by atoms with Crippen molar-refractivity contribution in [2.45, 2.75) is 6.92 Å². The molecule has 32 heavy (non-hydrogen) atoms. The largest absolute Gasteiger partial charge is 0.139 e. The summed E-state index contributed by atoms with van der Waals surface area (Å²) < 4.78 is 1.37. The van der Waals surface area contributed by atoms with Crippen LogP contribution in [0.2, 0.25) is 0 Å². The predicted octanol–water partition coefficient (Wildman–Crippen LogP) is 9.36. The van der Waals surface area contributed by atoms with Gasteiger partial charge in [-0.05, 0) is 39.9 Å². The Balaban J connectivity index is 1.87. The quantitative estimate of drug-likeness (QED) is 0.264. The van der Waals surface area contributed by atoms with E-state index in [1.807, 2.05) is 11.3 Å². The third kappa shape index (κ3) is 2.97. The van der Waals surface area contributed by atoms with Gasteiger partial charge < -0.3 is 0 Å². The second-order valence-corrected chi connectivity index (χ2v) is 9.36. The Morgan fingerprint density at radius 2 is 0.875 bits per heavy atom. The van der Waals surface area contributed by atoms with Gasteiger partial charge in [-0.3, -0.25) is 0 Å². The van der Waals surface area contributed by atoms with Gasteiger partial charge in [-0.1, -0.05) is 115 Å². The van der Waals surface area contributed by atoms with Crippen LogP contribution < -0.4 is 0 Å². The molecule has 0 unspecified atom stereocenters. The first kappa shape index (κ1) is 19.0. The summed E-state index contributed by atoms with van der Waals surface area (Å²) in [4.78, 5) is 1.36. The van der Waals surface area contributed by atoms with Gasteiger partial charge in [0.05, 0.1) is 0 Å². The van der Waals surface area contributed by atoms with E-state index in [1.165, 1.54) is 59.1 Å². The van der Waals surface area contributed by atoms with E-state index >= 15 is 0 Å². The lowest BCUT2D eigenvalue weighted by Crippen LogP contribution is -1.90. The predicted molar refractivity (Wildman–Crippen MR) is 140 cm³/mol. The van der Waals surface area contributed by atoms with E-state index < -0.39 is 0 Å². The normalized spacial score (nSPS) is 11.3. The van der Waals surface area contributed by atoms with Crippen molar-refractivity contribution >= 4 is 32.2 Å². The first-order chi connectivity index (χ1) is 15.8. The van der Waals surface area contributed by atoms with E-state index in [1.54, 1.807) is 0 Å². The molecule has 1 aromatic heterocycles. The van der Waals surface area contributed by atoms with Crippen LogP contribution in [0.5, 0.6) is 0 Å². The van der Waals surface area contributed by atoms with Crippen LogP contribution >= 0.6 is 11.3 Å². The molecule has 0 aliphatic heterocycles. The van der Waals surface area contributed by atoms with Crippen molar-refractivity contribution < 1.29 is 0 Å². The van der Waals surface area contributed by atoms with E-state index in [4.69, 9.17) is 0 Å². The average molecular weight is 427 g/mol. The SMILES string of the molecule is Cc1sc2c(-c3ccccc3)c(-c3ccccc3)c3ccccc3c2c1-c1ccccc1. The summed E-state index contributed by atoms with van der Waals surface area (Å²) >= 11 is 1.92. The van der Waals surface area contributed by atoms with E-state index in [0.29, 0.717) is 0 Å². The molecule has 0 radical (unpaired) electrons. The van der Waals surface area contributed by atoms with Crippen LogP contribution in [-0.4, -0.2) is 0 Å². The molecule has 0 amide bonds. The summed E-state index contributed by atoms with van der Waals surface area (Å²) in [6.45, 7) is 2.26. The molecule has 0 saturated carbocycles. The minimum absolute atomic E-state index is 1.26. The number of fused-ring (bicyclic) bond motifs is 3. The maximum atomic E-state index is 2.29. The fourth-order valence-corrected chi connectivity index (χ4v) is 6.15. The number of rotatable bonds is 3. The van der Waals surface area contributed by atoms with Crippen LogP contribution in [-0.2, 0) is 0 Å². The van der Waals surface area contributed by atoms with Crippen LogP contribution in [0.15, 0.2) is 115 Å². The van der Waals surface area contributed by atoms with Crippen molar-refractivity contribution in [2.24, 2.45) is 0 Å². The lowest BCUT2D eigenvalue weighted by molar-refractivity contribution is 1.60. The van der Waals surface area contributed by atoms with E-state index in [0.717, 1.165) is 0 Å². The minimum atomic E-state index is 1.26. The molecule has 0 aliphatic rings. The minimum Gasteiger partial charge on any atom is -0.139 e. The number of thiophene rings is 1. The van der Waals surface area contributed by atoms with Crippen molar-refractivity contribution in [3.05, 3.63) is 120 Å². The highest BCUT2D eigenvalue weighted by atomic mass is 32.1. The molecule has 0 saturated heterocycles. The second kappa shape index (κ2) is 7.78. The maximum absolute atomic E-state index is 2.29. The Labute approximate surface area is 192 Å². The number of hydrogen-bond donors (Lipinski definition) is 0. The zero-order valence-electron chi connectivity index (χ0n) is 17.9. The fourth-order valence-electron chi connectivity index (χ4n) is 4.88. The van der Waals surface area contributed by atoms with E-state index in [9.17, 15) is 0 Å². The van der Waals surface area contributed by atoms with Gasteiger partial charge >= 0.3 is 0 Å². The van der Waals surface area contributed by atoms with Gasteiger partial charge in [0.15, 0.2) is 0 Å². The standard InChI is InChI=1S/C31H22S/c1-21-27(22-13-5-2-6-14-22)30-26-20-12-11-19-25(26)28(23-15-7-3-8-16-23)29(31(30)32-21)24-17-9-4-10-18-24/h2-20H,1H3. The Kier molecular flexibility index (Phi) is 4.63. The lowest BCUT2D eigenvalue weighted by Gasteiger charge is -2.17. The topological polar surface area (TPSA) is 0 Å². The third-order valence-electron chi connectivity index (χ3n) is 6.21. The highest BCUT2D eigenvalue weighted by Crippen LogP contribution is 2.51. The van der Waals surface area contributed by atoms with Gasteiger partial charge in [-0.15, -0.1) is 11.3 Å². The van der Waals surface area contributed by atoms with Crippen LogP contribution in [0, 0.1) is 6.92 Å². The summed E-state index contributed by atoms with van der Waals surface area (Å²) in [7, 11) is 0. The first-order valence-electron chi connectivity index (χ1n) is 11.0. The molecule has 152 valence electrons. The molecule has 0 fully saturated rings. The van der Waals surface area contributed by atoms with Crippen molar-refractivity contribution in [1.82, 2.24) is 0 Å². The third-order valence-corrected chi connectivity index (χ3v) is 7.34. The molecule has 0 aliphatic carbocycles. The number of aryl methyl sites for hydroxylation is 1. The first-order valence-corrected chi connectivity index (χ1v) is 11.8. The van der Waals surface area contributed by atoms with Crippen molar-refractivity contribution in [3.63, 3.8) is 0 Å².